The minimum Gasteiger partial charge on any atom is -0.508 e. The quantitative estimate of drug-likeness (QED) is 0.159. The molecule has 3 N–H and O–H groups in total. The van der Waals surface area contributed by atoms with Crippen LogP contribution in [-0.4, -0.2) is 56.2 Å². The molecule has 1 saturated heterocycles. The number of rotatable bonds is 12. The van der Waals surface area contributed by atoms with Gasteiger partial charge in [0.05, 0.1) is 11.1 Å². The Morgan fingerprint density at radius 3 is 2.55 bits per heavy atom. The van der Waals surface area contributed by atoms with Gasteiger partial charge in [0.15, 0.2) is 0 Å². The summed E-state index contributed by atoms with van der Waals surface area (Å²) in [6.45, 7) is 4.11. The van der Waals surface area contributed by atoms with E-state index >= 15 is 0 Å². The molecule has 0 saturated carbocycles. The highest BCUT2D eigenvalue weighted by Gasteiger charge is 2.20. The number of carbonyl (C=O) groups is 2. The van der Waals surface area contributed by atoms with Crippen LogP contribution in [0.2, 0.25) is 0 Å². The molecule has 1 amide bonds. The zero-order valence-electron chi connectivity index (χ0n) is 23.9. The zero-order valence-corrected chi connectivity index (χ0v) is 24.7. The van der Waals surface area contributed by atoms with Crippen LogP contribution >= 0.6 is 11.8 Å². The molecule has 5 rings (SSSR count). The molecule has 4 aromatic rings. The first-order chi connectivity index (χ1) is 20.4. The predicted octanol–water partition coefficient (Wildman–Crippen LogP) is 6.73. The predicted molar refractivity (Wildman–Crippen MR) is 169 cm³/mol. The van der Waals surface area contributed by atoms with E-state index in [-0.39, 0.29) is 23.0 Å². The van der Waals surface area contributed by atoms with Crippen LogP contribution < -0.4 is 5.32 Å². The van der Waals surface area contributed by atoms with Gasteiger partial charge in [-0.3, -0.25) is 9.69 Å². The lowest BCUT2D eigenvalue weighted by Crippen LogP contribution is -2.37. The van der Waals surface area contributed by atoms with Crippen molar-refractivity contribution in [3.05, 3.63) is 95.2 Å². The lowest BCUT2D eigenvalue weighted by molar-refractivity contribution is 0.0699. The van der Waals surface area contributed by atoms with Gasteiger partial charge in [-0.15, -0.1) is 11.8 Å². The molecule has 3 aromatic carbocycles. The molecule has 0 bridgehead atoms. The first kappa shape index (κ1) is 29.6. The summed E-state index contributed by atoms with van der Waals surface area (Å²) in [4.78, 5) is 32.8. The van der Waals surface area contributed by atoms with E-state index in [2.05, 4.69) is 34.3 Å². The maximum absolute atomic E-state index is 13.4. The minimum absolute atomic E-state index is 0.0540. The molecule has 42 heavy (non-hydrogen) atoms. The van der Waals surface area contributed by atoms with Crippen molar-refractivity contribution in [2.24, 2.45) is 0 Å². The van der Waals surface area contributed by atoms with Crippen molar-refractivity contribution in [1.82, 2.24) is 15.2 Å². The molecule has 1 aromatic heterocycles. The Kier molecular flexibility index (Phi) is 9.77. The number of carboxylic acid groups (broad SMARTS) is 1. The second-order valence-electron chi connectivity index (χ2n) is 10.9. The number of aromatic carboxylic acids is 1. The maximum atomic E-state index is 13.4. The number of hydrogen-bond acceptors (Lipinski definition) is 6. The van der Waals surface area contributed by atoms with Gasteiger partial charge in [-0.1, -0.05) is 62.6 Å². The van der Waals surface area contributed by atoms with Gasteiger partial charge in [0.25, 0.3) is 5.91 Å². The van der Waals surface area contributed by atoms with Crippen LogP contribution in [0.3, 0.4) is 0 Å². The maximum Gasteiger partial charge on any atom is 0.336 e. The number of aromatic hydroxyl groups is 1. The van der Waals surface area contributed by atoms with Crippen LogP contribution in [0.5, 0.6) is 5.75 Å². The van der Waals surface area contributed by atoms with Crippen molar-refractivity contribution in [3.8, 4) is 16.9 Å². The number of thioether (sulfide) groups is 1. The highest BCUT2D eigenvalue weighted by Crippen LogP contribution is 2.28. The molecule has 1 fully saturated rings. The Labute approximate surface area is 251 Å². The lowest BCUT2D eigenvalue weighted by Gasteiger charge is -2.19. The minimum atomic E-state index is -1.10. The van der Waals surface area contributed by atoms with E-state index in [0.29, 0.717) is 17.3 Å². The number of amides is 1. The van der Waals surface area contributed by atoms with Crippen molar-refractivity contribution >= 4 is 34.5 Å². The third-order valence-electron chi connectivity index (χ3n) is 7.67. The number of fused-ring (bicyclic) bond motifs is 1. The number of phenolic OH excluding ortho intramolecular Hbond substituents is 1. The number of phenols is 1. The first-order valence-corrected chi connectivity index (χ1v) is 15.7. The molecule has 7 nitrogen and oxygen atoms in total. The monoisotopic (exact) mass is 583 g/mol. The Balaban J connectivity index is 1.39. The van der Waals surface area contributed by atoms with E-state index in [1.54, 1.807) is 18.2 Å². The highest BCUT2D eigenvalue weighted by atomic mass is 32.2. The Morgan fingerprint density at radius 1 is 1.00 bits per heavy atom. The summed E-state index contributed by atoms with van der Waals surface area (Å²) < 4.78 is 0. The van der Waals surface area contributed by atoms with Crippen molar-refractivity contribution in [3.63, 3.8) is 0 Å². The molecule has 218 valence electrons. The molecular formula is C34H37N3O4S. The normalized spacial score (nSPS) is 14.2. The van der Waals surface area contributed by atoms with Gasteiger partial charge in [0.2, 0.25) is 0 Å². The molecular weight excluding hydrogens is 546 g/mol. The van der Waals surface area contributed by atoms with E-state index in [1.807, 2.05) is 48.2 Å². The van der Waals surface area contributed by atoms with Crippen molar-refractivity contribution in [1.29, 1.82) is 0 Å². The standard InChI is InChI=1S/C34H37N3O4S/c1-2-3-4-8-27(18-23-9-12-28(38)13-10-23)35-33(39)32-20-30(34(40)41)29-19-26(11-14-31(29)36-32)25-7-5-6-24(17-25)21-37-15-16-42-22-37/h5-7,9-14,17,19-20,27,38H,2-4,8,15-16,18,21-22H2,1H3,(H,35,39)(H,40,41)/t27-/m1/s1. The van der Waals surface area contributed by atoms with Gasteiger partial charge in [-0.25, -0.2) is 9.78 Å². The molecule has 8 heteroatoms. The third-order valence-corrected chi connectivity index (χ3v) is 8.69. The Hall–Kier alpha value is -3.88. The molecule has 0 spiro atoms. The fraction of sp³-hybridized carbons (Fsp3) is 0.324. The molecule has 1 aliphatic rings. The fourth-order valence-electron chi connectivity index (χ4n) is 5.42. The summed E-state index contributed by atoms with van der Waals surface area (Å²) in [5.41, 5.74) is 4.76. The van der Waals surface area contributed by atoms with Crippen LogP contribution in [0.15, 0.2) is 72.8 Å². The van der Waals surface area contributed by atoms with E-state index in [0.717, 1.165) is 67.1 Å². The number of nitrogens with zero attached hydrogens (tertiary/aromatic N) is 2. The topological polar surface area (TPSA) is 103 Å². The molecule has 1 aliphatic heterocycles. The smallest absolute Gasteiger partial charge is 0.336 e. The Morgan fingerprint density at radius 2 is 1.81 bits per heavy atom. The lowest BCUT2D eigenvalue weighted by atomic mass is 9.98. The van der Waals surface area contributed by atoms with E-state index < -0.39 is 11.9 Å². The van der Waals surface area contributed by atoms with Crippen molar-refractivity contribution < 1.29 is 19.8 Å². The number of pyridine rings is 1. The van der Waals surface area contributed by atoms with Gasteiger partial charge in [0, 0.05) is 36.1 Å². The summed E-state index contributed by atoms with van der Waals surface area (Å²) in [5.74, 6) is 0.908. The number of nitrogens with one attached hydrogen (secondary N) is 1. The SMILES string of the molecule is CCCCC[C@H](Cc1ccc(O)cc1)NC(=O)c1cc(C(=O)O)c2cc(-c3cccc(CN4CCSC4)c3)ccc2n1. The summed E-state index contributed by atoms with van der Waals surface area (Å²) in [6, 6.07) is 22.2. The van der Waals surface area contributed by atoms with Crippen LogP contribution in [0.4, 0.5) is 0 Å². The summed E-state index contributed by atoms with van der Waals surface area (Å²) in [6.07, 6.45) is 4.48. The van der Waals surface area contributed by atoms with Crippen molar-refractivity contribution in [2.75, 3.05) is 18.2 Å². The molecule has 0 radical (unpaired) electrons. The van der Waals surface area contributed by atoms with Gasteiger partial charge in [-0.2, -0.15) is 0 Å². The van der Waals surface area contributed by atoms with Gasteiger partial charge < -0.3 is 15.5 Å². The third kappa shape index (κ3) is 7.49. The van der Waals surface area contributed by atoms with Crippen LogP contribution in [-0.2, 0) is 13.0 Å². The van der Waals surface area contributed by atoms with E-state index in [9.17, 15) is 19.8 Å². The molecule has 0 unspecified atom stereocenters. The van der Waals surface area contributed by atoms with Gasteiger partial charge in [-0.05, 0) is 71.5 Å². The number of carboxylic acids is 1. The van der Waals surface area contributed by atoms with E-state index in [4.69, 9.17) is 0 Å². The number of unbranched alkanes of at least 4 members (excludes halogenated alkanes) is 2. The van der Waals surface area contributed by atoms with E-state index in [1.165, 1.54) is 11.6 Å². The summed E-state index contributed by atoms with van der Waals surface area (Å²) in [7, 11) is 0. The summed E-state index contributed by atoms with van der Waals surface area (Å²) >= 11 is 1.95. The Bertz CT molecular complexity index is 1550. The zero-order chi connectivity index (χ0) is 29.5. The largest absolute Gasteiger partial charge is 0.508 e. The second-order valence-corrected chi connectivity index (χ2v) is 12.0. The van der Waals surface area contributed by atoms with Gasteiger partial charge in [0.1, 0.15) is 11.4 Å². The van der Waals surface area contributed by atoms with Crippen LogP contribution in [0.1, 0.15) is 64.6 Å². The average Bonchev–Trinajstić information content (AvgIpc) is 3.50. The second kappa shape index (κ2) is 13.9. The highest BCUT2D eigenvalue weighted by molar-refractivity contribution is 7.99. The number of aromatic nitrogens is 1. The number of benzene rings is 3. The molecule has 0 aliphatic carbocycles. The summed E-state index contributed by atoms with van der Waals surface area (Å²) in [5, 5.41) is 23.3. The van der Waals surface area contributed by atoms with Crippen molar-refractivity contribution in [2.45, 2.75) is 51.6 Å². The average molecular weight is 584 g/mol. The fourth-order valence-corrected chi connectivity index (χ4v) is 6.42. The number of hydrogen-bond donors (Lipinski definition) is 3. The molecule has 1 atom stereocenters. The first-order valence-electron chi connectivity index (χ1n) is 14.6. The molecule has 2 heterocycles. The van der Waals surface area contributed by atoms with Crippen LogP contribution in [0.25, 0.3) is 22.0 Å². The van der Waals surface area contributed by atoms with Gasteiger partial charge >= 0.3 is 5.97 Å². The van der Waals surface area contributed by atoms with Crippen LogP contribution in [0, 0.1) is 0 Å². The number of carbonyl (C=O) groups excluding carboxylic acids is 1.